The lowest BCUT2D eigenvalue weighted by molar-refractivity contribution is -0.170. The van der Waals surface area contributed by atoms with Gasteiger partial charge in [0.1, 0.15) is 11.5 Å². The van der Waals surface area contributed by atoms with Crippen molar-refractivity contribution in [2.45, 2.75) is 18.8 Å². The molecule has 5 nitrogen and oxygen atoms in total. The highest BCUT2D eigenvalue weighted by atomic mass is 19.4. The summed E-state index contributed by atoms with van der Waals surface area (Å²) in [6.45, 7) is 0. The molecule has 1 amide bonds. The van der Waals surface area contributed by atoms with Gasteiger partial charge in [-0.05, 0) is 12.1 Å². The van der Waals surface area contributed by atoms with Crippen LogP contribution < -0.4 is 5.43 Å². The molecule has 0 aliphatic rings. The van der Waals surface area contributed by atoms with Gasteiger partial charge in [0.25, 0.3) is 5.91 Å². The molecule has 0 unspecified atom stereocenters. The fourth-order valence-electron chi connectivity index (χ4n) is 1.30. The molecule has 0 aromatic heterocycles. The van der Waals surface area contributed by atoms with E-state index >= 15 is 0 Å². The molecule has 1 aromatic rings. The minimum atomic E-state index is -5.46. The number of benzene rings is 1. The fourth-order valence-corrected chi connectivity index (χ4v) is 1.30. The Hall–Kier alpha value is -2.59. The number of ketones is 1. The molecule has 0 spiro atoms. The quantitative estimate of drug-likeness (QED) is 0.501. The highest BCUT2D eigenvalue weighted by molar-refractivity contribution is 6.07. The van der Waals surface area contributed by atoms with Crippen LogP contribution in [0, 0.1) is 0 Å². The third-order valence-electron chi connectivity index (χ3n) is 2.41. The maximum atomic E-state index is 12.5. The van der Waals surface area contributed by atoms with Gasteiger partial charge in [-0.2, -0.15) is 31.4 Å². The number of amides is 1. The molecule has 0 bridgehead atoms. The van der Waals surface area contributed by atoms with E-state index in [1.807, 2.05) is 0 Å². The topological polar surface area (TPSA) is 78.8 Å². The summed E-state index contributed by atoms with van der Waals surface area (Å²) in [6, 6.07) is 4.74. The molecule has 0 fully saturated rings. The minimum absolute atomic E-state index is 0.445. The first kappa shape index (κ1) is 18.5. The van der Waals surface area contributed by atoms with Gasteiger partial charge in [0.05, 0.1) is 12.0 Å². The maximum Gasteiger partial charge on any atom is 0.450 e. The number of aromatic hydroxyl groups is 1. The number of alkyl halides is 6. The molecule has 1 rings (SSSR count). The summed E-state index contributed by atoms with van der Waals surface area (Å²) >= 11 is 0. The molecule has 0 aliphatic heterocycles. The normalized spacial score (nSPS) is 12.9. The second-order valence-corrected chi connectivity index (χ2v) is 4.11. The van der Waals surface area contributed by atoms with Crippen molar-refractivity contribution in [1.29, 1.82) is 0 Å². The van der Waals surface area contributed by atoms with Crippen molar-refractivity contribution < 1.29 is 41.0 Å². The molecule has 126 valence electrons. The van der Waals surface area contributed by atoms with E-state index in [0.29, 0.717) is 0 Å². The summed E-state index contributed by atoms with van der Waals surface area (Å²) in [5.74, 6) is -4.52. The molecular formula is C12H8F6N2O3. The van der Waals surface area contributed by atoms with E-state index in [0.717, 1.165) is 12.1 Å². The summed E-state index contributed by atoms with van der Waals surface area (Å²) in [6.07, 6.45) is -12.9. The fraction of sp³-hybridized carbons (Fsp3) is 0.250. The Kier molecular flexibility index (Phi) is 5.35. The predicted octanol–water partition coefficient (Wildman–Crippen LogP) is 2.56. The van der Waals surface area contributed by atoms with E-state index < -0.39 is 47.5 Å². The molecule has 0 aliphatic carbocycles. The summed E-state index contributed by atoms with van der Waals surface area (Å²) < 4.78 is 73.7. The van der Waals surface area contributed by atoms with Gasteiger partial charge < -0.3 is 5.11 Å². The van der Waals surface area contributed by atoms with E-state index in [9.17, 15) is 41.0 Å². The first-order valence-electron chi connectivity index (χ1n) is 5.75. The average Bonchev–Trinajstić information content (AvgIpc) is 2.40. The molecule has 0 radical (unpaired) electrons. The molecule has 23 heavy (non-hydrogen) atoms. The van der Waals surface area contributed by atoms with E-state index in [1.165, 1.54) is 17.6 Å². The highest BCUT2D eigenvalue weighted by Crippen LogP contribution is 2.24. The van der Waals surface area contributed by atoms with Crippen LogP contribution in [0.15, 0.2) is 29.4 Å². The van der Waals surface area contributed by atoms with E-state index in [1.54, 1.807) is 0 Å². The Bertz CT molecular complexity index is 636. The number of nitrogens with one attached hydrogen (secondary N) is 1. The summed E-state index contributed by atoms with van der Waals surface area (Å²) in [7, 11) is 0. The van der Waals surface area contributed by atoms with E-state index in [-0.39, 0.29) is 0 Å². The van der Waals surface area contributed by atoms with Gasteiger partial charge in [-0.3, -0.25) is 9.59 Å². The van der Waals surface area contributed by atoms with Gasteiger partial charge in [0.15, 0.2) is 0 Å². The van der Waals surface area contributed by atoms with E-state index in [2.05, 4.69) is 5.10 Å². The van der Waals surface area contributed by atoms with Gasteiger partial charge >= 0.3 is 12.4 Å². The van der Waals surface area contributed by atoms with Gasteiger partial charge in [-0.25, -0.2) is 5.43 Å². The van der Waals surface area contributed by atoms with Gasteiger partial charge in [-0.15, -0.1) is 0 Å². The SMILES string of the molecule is O=C(N/N=C(\CC(=O)C(F)(F)F)C(F)(F)F)c1ccccc1O. The van der Waals surface area contributed by atoms with Crippen LogP contribution in [0.25, 0.3) is 0 Å². The monoisotopic (exact) mass is 342 g/mol. The zero-order chi connectivity index (χ0) is 17.8. The number of Topliss-reactive ketones (excluding diaryl/α,β-unsaturated/α-hetero) is 1. The number of nitrogens with zero attached hydrogens (tertiary/aromatic N) is 1. The molecular weight excluding hydrogens is 334 g/mol. The lowest BCUT2D eigenvalue weighted by atomic mass is 10.2. The lowest BCUT2D eigenvalue weighted by Crippen LogP contribution is -2.34. The molecule has 2 N–H and O–H groups in total. The number of phenols is 1. The van der Waals surface area contributed by atoms with Crippen molar-refractivity contribution in [3.8, 4) is 5.75 Å². The van der Waals surface area contributed by atoms with Crippen LogP contribution in [-0.4, -0.2) is 34.9 Å². The van der Waals surface area contributed by atoms with Crippen LogP contribution in [0.3, 0.4) is 0 Å². The van der Waals surface area contributed by atoms with Crippen LogP contribution in [-0.2, 0) is 4.79 Å². The summed E-state index contributed by atoms with van der Waals surface area (Å²) in [5.41, 5.74) is -1.21. The van der Waals surface area contributed by atoms with Crippen LogP contribution >= 0.6 is 0 Å². The van der Waals surface area contributed by atoms with Crippen molar-refractivity contribution in [3.05, 3.63) is 29.8 Å². The van der Waals surface area contributed by atoms with Crippen molar-refractivity contribution in [3.63, 3.8) is 0 Å². The molecule has 0 saturated carbocycles. The minimum Gasteiger partial charge on any atom is -0.507 e. The van der Waals surface area contributed by atoms with Crippen molar-refractivity contribution in [2.75, 3.05) is 0 Å². The summed E-state index contributed by atoms with van der Waals surface area (Å²) in [5, 5.41) is 11.8. The number of rotatable bonds is 4. The molecule has 11 heteroatoms. The Balaban J connectivity index is 2.97. The van der Waals surface area contributed by atoms with Gasteiger partial charge in [0.2, 0.25) is 5.78 Å². The average molecular weight is 342 g/mol. The van der Waals surface area contributed by atoms with Crippen molar-refractivity contribution in [2.24, 2.45) is 5.10 Å². The number of carbonyl (C=O) groups is 2. The number of carbonyl (C=O) groups excluding carboxylic acids is 2. The Morgan fingerprint density at radius 3 is 2.09 bits per heavy atom. The molecule has 0 heterocycles. The van der Waals surface area contributed by atoms with Gasteiger partial charge in [-0.1, -0.05) is 12.1 Å². The number of para-hydroxylation sites is 1. The number of hydrogen-bond donors (Lipinski definition) is 2. The van der Waals surface area contributed by atoms with Crippen molar-refractivity contribution in [1.82, 2.24) is 5.43 Å². The standard InChI is InChI=1S/C12H8F6N2O3/c13-11(14,15)8(5-9(22)12(16,17)18)19-20-10(23)6-3-1-2-4-7(6)21/h1-4,21H,5H2,(H,20,23)/b19-8+. The zero-order valence-corrected chi connectivity index (χ0v) is 11.0. The molecule has 1 aromatic carbocycles. The third-order valence-corrected chi connectivity index (χ3v) is 2.41. The Labute approximate surface area is 124 Å². The third kappa shape index (κ3) is 5.27. The second-order valence-electron chi connectivity index (χ2n) is 4.11. The van der Waals surface area contributed by atoms with Crippen LogP contribution in [0.2, 0.25) is 0 Å². The van der Waals surface area contributed by atoms with Crippen LogP contribution in [0.4, 0.5) is 26.3 Å². The predicted molar refractivity (Wildman–Crippen MR) is 64.7 cm³/mol. The van der Waals surface area contributed by atoms with Crippen LogP contribution in [0.1, 0.15) is 16.8 Å². The lowest BCUT2D eigenvalue weighted by Gasteiger charge is -2.11. The zero-order valence-electron chi connectivity index (χ0n) is 11.0. The molecule has 0 saturated heterocycles. The van der Waals surface area contributed by atoms with Crippen LogP contribution in [0.5, 0.6) is 5.75 Å². The maximum absolute atomic E-state index is 12.5. The number of halogens is 6. The summed E-state index contributed by atoms with van der Waals surface area (Å²) in [4.78, 5) is 22.2. The smallest absolute Gasteiger partial charge is 0.450 e. The number of hydrogen-bond acceptors (Lipinski definition) is 4. The number of phenolic OH excluding ortho intramolecular Hbond substituents is 1. The largest absolute Gasteiger partial charge is 0.507 e. The van der Waals surface area contributed by atoms with Crippen molar-refractivity contribution >= 4 is 17.4 Å². The first-order valence-corrected chi connectivity index (χ1v) is 5.75. The van der Waals surface area contributed by atoms with Gasteiger partial charge in [0, 0.05) is 0 Å². The second kappa shape index (κ2) is 6.67. The Morgan fingerprint density at radius 1 is 1.04 bits per heavy atom. The van der Waals surface area contributed by atoms with E-state index in [4.69, 9.17) is 0 Å². The highest BCUT2D eigenvalue weighted by Gasteiger charge is 2.45. The number of hydrazone groups is 1. The Morgan fingerprint density at radius 2 is 1.61 bits per heavy atom. The molecule has 0 atom stereocenters. The first-order chi connectivity index (χ1) is 10.4.